The molecule has 0 saturated carbocycles. The maximum absolute atomic E-state index is 13.2. The highest BCUT2D eigenvalue weighted by molar-refractivity contribution is 6.05. The summed E-state index contributed by atoms with van der Waals surface area (Å²) < 4.78 is 5.73. The van der Waals surface area contributed by atoms with Gasteiger partial charge in [0.15, 0.2) is 5.43 Å². The molecule has 0 unspecified atom stereocenters. The minimum atomic E-state index is -0.391. The number of hydrogen-bond donors (Lipinski definition) is 1. The maximum atomic E-state index is 13.2. The lowest BCUT2D eigenvalue weighted by Gasteiger charge is -2.18. The van der Waals surface area contributed by atoms with Crippen molar-refractivity contribution in [3.8, 4) is 0 Å². The van der Waals surface area contributed by atoms with Crippen LogP contribution in [0.2, 0.25) is 0 Å². The van der Waals surface area contributed by atoms with Crippen molar-refractivity contribution in [2.75, 3.05) is 5.32 Å². The van der Waals surface area contributed by atoms with Crippen LogP contribution in [0.1, 0.15) is 71.3 Å². The fourth-order valence-corrected chi connectivity index (χ4v) is 3.98. The summed E-state index contributed by atoms with van der Waals surface area (Å²) in [5, 5.41) is 3.05. The van der Waals surface area contributed by atoms with Crippen molar-refractivity contribution in [3.05, 3.63) is 98.1 Å². The lowest BCUT2D eigenvalue weighted by molar-refractivity contribution is 0.102. The smallest absolute Gasteiger partial charge is 0.263 e. The predicted octanol–water partition coefficient (Wildman–Crippen LogP) is 5.87. The van der Waals surface area contributed by atoms with Gasteiger partial charge in [-0.15, -0.1) is 0 Å². The standard InChI is InChI=1S/C27H31NO3/c1-5-11-24-25(23(29)14-18(4)31-24)27(30)28-26-21(6-2)16-20(17-22(26)7-3)15-19-12-9-8-10-13-19/h8-10,12-14,16-17H,5-7,11,15H2,1-4H3,(H,28,30). The topological polar surface area (TPSA) is 59.3 Å². The Morgan fingerprint density at radius 2 is 1.58 bits per heavy atom. The van der Waals surface area contributed by atoms with Crippen LogP contribution in [0, 0.1) is 6.92 Å². The van der Waals surface area contributed by atoms with Crippen LogP contribution in [0.5, 0.6) is 0 Å². The Hall–Kier alpha value is -3.14. The summed E-state index contributed by atoms with van der Waals surface area (Å²) in [5.74, 6) is 0.595. The van der Waals surface area contributed by atoms with E-state index in [0.29, 0.717) is 17.9 Å². The molecule has 0 aliphatic heterocycles. The molecule has 3 aromatic rings. The molecule has 0 radical (unpaired) electrons. The Bertz CT molecular complexity index is 1090. The second kappa shape index (κ2) is 10.3. The van der Waals surface area contributed by atoms with Crippen LogP contribution in [-0.4, -0.2) is 5.91 Å². The maximum Gasteiger partial charge on any atom is 0.263 e. The number of carbonyl (C=O) groups excluding carboxylic acids is 1. The Kier molecular flexibility index (Phi) is 7.45. The third-order valence-corrected chi connectivity index (χ3v) is 5.46. The first-order valence-electron chi connectivity index (χ1n) is 11.1. The first-order valence-corrected chi connectivity index (χ1v) is 11.1. The van der Waals surface area contributed by atoms with E-state index >= 15 is 0 Å². The van der Waals surface area contributed by atoms with E-state index in [1.807, 2.05) is 25.1 Å². The first-order chi connectivity index (χ1) is 15.0. The van der Waals surface area contributed by atoms with Gasteiger partial charge in [0.05, 0.1) is 0 Å². The van der Waals surface area contributed by atoms with Crippen LogP contribution in [0.25, 0.3) is 0 Å². The SMILES string of the molecule is CCCc1oc(C)cc(=O)c1C(=O)Nc1c(CC)cc(Cc2ccccc2)cc1CC. The van der Waals surface area contributed by atoms with E-state index in [0.717, 1.165) is 42.5 Å². The van der Waals surface area contributed by atoms with Crippen molar-refractivity contribution in [1.82, 2.24) is 0 Å². The summed E-state index contributed by atoms with van der Waals surface area (Å²) in [6, 6.07) is 16.1. The van der Waals surface area contributed by atoms with Crippen molar-refractivity contribution in [1.29, 1.82) is 0 Å². The van der Waals surface area contributed by atoms with Crippen LogP contribution in [0.15, 0.2) is 57.7 Å². The molecule has 0 bridgehead atoms. The lowest BCUT2D eigenvalue weighted by Crippen LogP contribution is -2.25. The van der Waals surface area contributed by atoms with Crippen molar-refractivity contribution in [3.63, 3.8) is 0 Å². The molecule has 162 valence electrons. The minimum Gasteiger partial charge on any atom is -0.465 e. The van der Waals surface area contributed by atoms with E-state index in [2.05, 4.69) is 43.4 Å². The lowest BCUT2D eigenvalue weighted by atomic mass is 9.95. The van der Waals surface area contributed by atoms with E-state index in [-0.39, 0.29) is 11.0 Å². The molecular weight excluding hydrogens is 386 g/mol. The molecule has 31 heavy (non-hydrogen) atoms. The van der Waals surface area contributed by atoms with Gasteiger partial charge in [0.1, 0.15) is 17.1 Å². The molecule has 0 aliphatic carbocycles. The number of rotatable bonds is 8. The fourth-order valence-electron chi connectivity index (χ4n) is 3.98. The van der Waals surface area contributed by atoms with Crippen LogP contribution < -0.4 is 10.7 Å². The highest BCUT2D eigenvalue weighted by Gasteiger charge is 2.21. The minimum absolute atomic E-state index is 0.116. The Morgan fingerprint density at radius 3 is 2.16 bits per heavy atom. The van der Waals surface area contributed by atoms with Gasteiger partial charge in [0.25, 0.3) is 5.91 Å². The van der Waals surface area contributed by atoms with Gasteiger partial charge in [-0.3, -0.25) is 9.59 Å². The summed E-state index contributed by atoms with van der Waals surface area (Å²) in [5.41, 5.74) is 5.27. The molecule has 0 spiro atoms. The van der Waals surface area contributed by atoms with Gasteiger partial charge in [0.2, 0.25) is 0 Å². The van der Waals surface area contributed by atoms with E-state index in [4.69, 9.17) is 4.42 Å². The molecule has 1 heterocycles. The van der Waals surface area contributed by atoms with Gasteiger partial charge in [0, 0.05) is 18.2 Å². The number of amides is 1. The summed E-state index contributed by atoms with van der Waals surface area (Å²) in [7, 11) is 0. The predicted molar refractivity (Wildman–Crippen MR) is 126 cm³/mol. The summed E-state index contributed by atoms with van der Waals surface area (Å²) in [6.07, 6.45) is 3.76. The second-order valence-corrected chi connectivity index (χ2v) is 7.88. The monoisotopic (exact) mass is 417 g/mol. The van der Waals surface area contributed by atoms with Gasteiger partial charge in [-0.05, 0) is 54.9 Å². The summed E-state index contributed by atoms with van der Waals surface area (Å²) in [4.78, 5) is 25.8. The van der Waals surface area contributed by atoms with Gasteiger partial charge in [-0.1, -0.05) is 63.2 Å². The molecule has 0 aliphatic rings. The quantitative estimate of drug-likeness (QED) is 0.499. The molecule has 4 heteroatoms. The summed E-state index contributed by atoms with van der Waals surface area (Å²) in [6.45, 7) is 7.90. The molecule has 0 saturated heterocycles. The molecular formula is C27H31NO3. The second-order valence-electron chi connectivity index (χ2n) is 7.88. The zero-order valence-corrected chi connectivity index (χ0v) is 18.9. The highest BCUT2D eigenvalue weighted by atomic mass is 16.3. The van der Waals surface area contributed by atoms with Gasteiger partial charge >= 0.3 is 0 Å². The van der Waals surface area contributed by atoms with Crippen molar-refractivity contribution in [2.45, 2.75) is 59.8 Å². The number of benzene rings is 2. The van der Waals surface area contributed by atoms with E-state index in [9.17, 15) is 9.59 Å². The first kappa shape index (κ1) is 22.5. The molecule has 2 aromatic carbocycles. The van der Waals surface area contributed by atoms with Crippen LogP contribution in [0.3, 0.4) is 0 Å². The van der Waals surface area contributed by atoms with E-state index in [1.54, 1.807) is 6.92 Å². The van der Waals surface area contributed by atoms with Crippen molar-refractivity contribution < 1.29 is 9.21 Å². The van der Waals surface area contributed by atoms with Crippen LogP contribution in [-0.2, 0) is 25.7 Å². The normalized spacial score (nSPS) is 10.8. The number of hydrogen-bond acceptors (Lipinski definition) is 3. The zero-order valence-electron chi connectivity index (χ0n) is 18.9. The Balaban J connectivity index is 1.98. The van der Waals surface area contributed by atoms with Crippen molar-refractivity contribution >= 4 is 11.6 Å². The van der Waals surface area contributed by atoms with Gasteiger partial charge in [-0.2, -0.15) is 0 Å². The Labute approximate surface area is 184 Å². The van der Waals surface area contributed by atoms with Gasteiger partial charge in [-0.25, -0.2) is 0 Å². The summed E-state index contributed by atoms with van der Waals surface area (Å²) >= 11 is 0. The molecule has 1 aromatic heterocycles. The zero-order chi connectivity index (χ0) is 22.4. The molecule has 3 rings (SSSR count). The average molecular weight is 418 g/mol. The largest absolute Gasteiger partial charge is 0.465 e. The highest BCUT2D eigenvalue weighted by Crippen LogP contribution is 2.27. The molecule has 1 N–H and O–H groups in total. The van der Waals surface area contributed by atoms with Crippen LogP contribution in [0.4, 0.5) is 5.69 Å². The van der Waals surface area contributed by atoms with Crippen LogP contribution >= 0.6 is 0 Å². The van der Waals surface area contributed by atoms with Gasteiger partial charge < -0.3 is 9.73 Å². The molecule has 1 amide bonds. The molecule has 0 atom stereocenters. The number of anilines is 1. The Morgan fingerprint density at radius 1 is 0.935 bits per heavy atom. The third-order valence-electron chi connectivity index (χ3n) is 5.46. The fraction of sp³-hybridized carbons (Fsp3) is 0.333. The van der Waals surface area contributed by atoms with E-state index < -0.39 is 5.91 Å². The van der Waals surface area contributed by atoms with E-state index in [1.165, 1.54) is 17.2 Å². The number of aryl methyl sites for hydroxylation is 4. The molecule has 4 nitrogen and oxygen atoms in total. The average Bonchev–Trinajstić information content (AvgIpc) is 2.74. The van der Waals surface area contributed by atoms with Crippen molar-refractivity contribution in [2.24, 2.45) is 0 Å². The number of carbonyl (C=O) groups is 1. The number of nitrogens with one attached hydrogen (secondary N) is 1. The molecule has 0 fully saturated rings. The third kappa shape index (κ3) is 5.32.